The summed E-state index contributed by atoms with van der Waals surface area (Å²) in [6, 6.07) is 7.85. The number of nitrogens with one attached hydrogen (secondary N) is 1. The molecule has 0 unspecified atom stereocenters. The maximum Gasteiger partial charge on any atom is 0.310 e. The molecule has 1 rings (SSSR count). The van der Waals surface area contributed by atoms with E-state index in [0.29, 0.717) is 0 Å². The number of nitrogens with zero attached hydrogens (tertiary/aromatic N) is 1. The topological polar surface area (TPSA) is 75.7 Å². The monoisotopic (exact) mass is 334 g/mol. The van der Waals surface area contributed by atoms with Crippen molar-refractivity contribution in [3.63, 3.8) is 0 Å². The van der Waals surface area contributed by atoms with Crippen LogP contribution in [0.5, 0.6) is 0 Å². The summed E-state index contributed by atoms with van der Waals surface area (Å²) in [5, 5.41) is 2.42. The van der Waals surface area contributed by atoms with E-state index in [9.17, 15) is 14.4 Å². The number of carbonyl (C=O) groups is 3. The highest BCUT2D eigenvalue weighted by molar-refractivity contribution is 5.86. The van der Waals surface area contributed by atoms with Crippen LogP contribution in [0.3, 0.4) is 0 Å². The van der Waals surface area contributed by atoms with Crippen LogP contribution < -0.4 is 5.32 Å². The lowest BCUT2D eigenvalue weighted by Crippen LogP contribution is -2.39. The minimum Gasteiger partial charge on any atom is -0.455 e. The van der Waals surface area contributed by atoms with Crippen LogP contribution >= 0.6 is 0 Å². The molecular weight excluding hydrogens is 308 g/mol. The number of aryl methyl sites for hydroxylation is 1. The van der Waals surface area contributed by atoms with Gasteiger partial charge in [0.2, 0.25) is 5.91 Å². The Bertz CT molecular complexity index is 555. The summed E-state index contributed by atoms with van der Waals surface area (Å²) in [5.74, 6) is -1.15. The average molecular weight is 334 g/mol. The zero-order chi connectivity index (χ0) is 17.9. The molecule has 0 aliphatic heterocycles. The van der Waals surface area contributed by atoms with Gasteiger partial charge < -0.3 is 15.0 Å². The Morgan fingerprint density at radius 3 is 2.33 bits per heavy atom. The van der Waals surface area contributed by atoms with E-state index < -0.39 is 11.9 Å². The van der Waals surface area contributed by atoms with E-state index in [0.717, 1.165) is 24.8 Å². The highest BCUT2D eigenvalue weighted by Crippen LogP contribution is 2.09. The molecule has 0 atom stereocenters. The van der Waals surface area contributed by atoms with Crippen molar-refractivity contribution in [3.05, 3.63) is 35.4 Å². The molecule has 6 heteroatoms. The zero-order valence-electron chi connectivity index (χ0n) is 14.6. The normalized spacial score (nSPS) is 10.1. The van der Waals surface area contributed by atoms with Crippen molar-refractivity contribution in [2.45, 2.75) is 32.6 Å². The molecule has 0 aliphatic carbocycles. The van der Waals surface area contributed by atoms with Gasteiger partial charge in [-0.05, 0) is 24.0 Å². The molecule has 0 bridgehead atoms. The molecule has 1 aromatic rings. The number of esters is 1. The molecule has 1 N–H and O–H groups in total. The SMILES string of the molecule is CCCCc1ccc(CC(=O)OCC(=O)N(C)CC(=O)NC)cc1. The third-order valence-electron chi connectivity index (χ3n) is 3.63. The van der Waals surface area contributed by atoms with Crippen molar-refractivity contribution in [2.75, 3.05) is 27.2 Å². The van der Waals surface area contributed by atoms with Crippen LogP contribution in [0.15, 0.2) is 24.3 Å². The predicted octanol–water partition coefficient (Wildman–Crippen LogP) is 1.32. The lowest BCUT2D eigenvalue weighted by atomic mass is 10.1. The van der Waals surface area contributed by atoms with Crippen molar-refractivity contribution in [1.82, 2.24) is 10.2 Å². The van der Waals surface area contributed by atoms with Gasteiger partial charge in [0.25, 0.3) is 5.91 Å². The van der Waals surface area contributed by atoms with Crippen LogP contribution in [-0.2, 0) is 32.0 Å². The number of amides is 2. The third kappa shape index (κ3) is 7.26. The number of likely N-dealkylation sites (N-methyl/N-ethyl adjacent to an activating group) is 2. The van der Waals surface area contributed by atoms with Gasteiger partial charge in [0.15, 0.2) is 6.61 Å². The standard InChI is InChI=1S/C18H26N2O4/c1-4-5-6-14-7-9-15(10-8-14)11-18(23)24-13-17(22)20(3)12-16(21)19-2/h7-10H,4-6,11-13H2,1-3H3,(H,19,21). The summed E-state index contributed by atoms with van der Waals surface area (Å²) in [7, 11) is 2.98. The summed E-state index contributed by atoms with van der Waals surface area (Å²) in [6.45, 7) is 1.73. The Morgan fingerprint density at radius 1 is 1.12 bits per heavy atom. The predicted molar refractivity (Wildman–Crippen MR) is 91.4 cm³/mol. The first kappa shape index (κ1) is 19.7. The van der Waals surface area contributed by atoms with E-state index in [2.05, 4.69) is 12.2 Å². The van der Waals surface area contributed by atoms with E-state index in [4.69, 9.17) is 4.74 Å². The minimum absolute atomic E-state index is 0.0634. The van der Waals surface area contributed by atoms with Crippen molar-refractivity contribution in [2.24, 2.45) is 0 Å². The number of unbranched alkanes of at least 4 members (excludes halogenated alkanes) is 1. The summed E-state index contributed by atoms with van der Waals surface area (Å²) in [4.78, 5) is 36.0. The average Bonchev–Trinajstić information content (AvgIpc) is 2.58. The van der Waals surface area contributed by atoms with Crippen LogP contribution in [0, 0.1) is 0 Å². The lowest BCUT2D eigenvalue weighted by molar-refractivity contribution is -0.151. The van der Waals surface area contributed by atoms with Gasteiger partial charge in [0, 0.05) is 14.1 Å². The van der Waals surface area contributed by atoms with Crippen LogP contribution in [0.2, 0.25) is 0 Å². The number of carbonyl (C=O) groups excluding carboxylic acids is 3. The molecule has 0 saturated carbocycles. The number of hydrogen-bond donors (Lipinski definition) is 1. The van der Waals surface area contributed by atoms with Crippen LogP contribution in [0.1, 0.15) is 30.9 Å². The van der Waals surface area contributed by atoms with Gasteiger partial charge in [-0.1, -0.05) is 37.6 Å². The zero-order valence-corrected chi connectivity index (χ0v) is 14.6. The third-order valence-corrected chi connectivity index (χ3v) is 3.63. The van der Waals surface area contributed by atoms with Crippen LogP contribution in [0.4, 0.5) is 0 Å². The number of benzene rings is 1. The molecule has 0 heterocycles. The van der Waals surface area contributed by atoms with E-state index >= 15 is 0 Å². The smallest absolute Gasteiger partial charge is 0.310 e. The Kier molecular flexibility index (Phi) is 8.54. The Labute approximate surface area is 143 Å². The number of hydrogen-bond acceptors (Lipinski definition) is 4. The van der Waals surface area contributed by atoms with Crippen molar-refractivity contribution >= 4 is 17.8 Å². The van der Waals surface area contributed by atoms with E-state index in [1.807, 2.05) is 24.3 Å². The molecule has 1 aromatic carbocycles. The molecule has 0 saturated heterocycles. The van der Waals surface area contributed by atoms with E-state index in [1.54, 1.807) is 0 Å². The van der Waals surface area contributed by atoms with E-state index in [1.165, 1.54) is 24.6 Å². The van der Waals surface area contributed by atoms with Crippen molar-refractivity contribution in [1.29, 1.82) is 0 Å². The highest BCUT2D eigenvalue weighted by atomic mass is 16.5. The summed E-state index contributed by atoms with van der Waals surface area (Å²) in [6.07, 6.45) is 3.46. The number of ether oxygens (including phenoxy) is 1. The quantitative estimate of drug-likeness (QED) is 0.691. The lowest BCUT2D eigenvalue weighted by Gasteiger charge is -2.15. The molecule has 6 nitrogen and oxygen atoms in total. The molecule has 24 heavy (non-hydrogen) atoms. The van der Waals surface area contributed by atoms with Gasteiger partial charge in [-0.3, -0.25) is 14.4 Å². The molecule has 0 aliphatic rings. The summed E-state index contributed by atoms with van der Waals surface area (Å²) >= 11 is 0. The molecule has 0 fully saturated rings. The van der Waals surface area contributed by atoms with Gasteiger partial charge in [0.05, 0.1) is 13.0 Å². The van der Waals surface area contributed by atoms with Crippen molar-refractivity contribution in [3.8, 4) is 0 Å². The molecular formula is C18H26N2O4. The highest BCUT2D eigenvalue weighted by Gasteiger charge is 2.14. The summed E-state index contributed by atoms with van der Waals surface area (Å²) in [5.41, 5.74) is 2.10. The maximum atomic E-state index is 11.8. The second-order valence-corrected chi connectivity index (χ2v) is 5.68. The first-order chi connectivity index (χ1) is 11.5. The van der Waals surface area contributed by atoms with Gasteiger partial charge in [0.1, 0.15) is 0 Å². The molecule has 132 valence electrons. The fraction of sp³-hybridized carbons (Fsp3) is 0.500. The van der Waals surface area contributed by atoms with Crippen LogP contribution in [-0.4, -0.2) is 49.9 Å². The Morgan fingerprint density at radius 2 is 1.75 bits per heavy atom. The fourth-order valence-corrected chi connectivity index (χ4v) is 2.06. The minimum atomic E-state index is -0.460. The maximum absolute atomic E-state index is 11.8. The Hall–Kier alpha value is -2.37. The molecule has 2 amide bonds. The largest absolute Gasteiger partial charge is 0.455 e. The first-order valence-electron chi connectivity index (χ1n) is 8.14. The van der Waals surface area contributed by atoms with Gasteiger partial charge in [-0.2, -0.15) is 0 Å². The van der Waals surface area contributed by atoms with Crippen LogP contribution in [0.25, 0.3) is 0 Å². The molecule has 0 spiro atoms. The van der Waals surface area contributed by atoms with Gasteiger partial charge in [-0.15, -0.1) is 0 Å². The second-order valence-electron chi connectivity index (χ2n) is 5.68. The summed E-state index contributed by atoms with van der Waals surface area (Å²) < 4.78 is 4.98. The molecule has 0 aromatic heterocycles. The number of rotatable bonds is 9. The fourth-order valence-electron chi connectivity index (χ4n) is 2.06. The first-order valence-corrected chi connectivity index (χ1v) is 8.14. The van der Waals surface area contributed by atoms with Crippen molar-refractivity contribution < 1.29 is 19.1 Å². The van der Waals surface area contributed by atoms with Gasteiger partial charge >= 0.3 is 5.97 Å². The second kappa shape index (κ2) is 10.4. The molecule has 0 radical (unpaired) electrons. The Balaban J connectivity index is 2.37. The van der Waals surface area contributed by atoms with Gasteiger partial charge in [-0.25, -0.2) is 0 Å². The van der Waals surface area contributed by atoms with E-state index in [-0.39, 0.29) is 25.5 Å².